The van der Waals surface area contributed by atoms with Gasteiger partial charge in [-0.25, -0.2) is 0 Å². The Morgan fingerprint density at radius 3 is 2.87 bits per heavy atom. The molecule has 0 saturated carbocycles. The zero-order valence-electron chi connectivity index (χ0n) is 9.88. The Kier molecular flexibility index (Phi) is 2.59. The van der Waals surface area contributed by atoms with E-state index in [0.29, 0.717) is 0 Å². The molecule has 0 spiro atoms. The van der Waals surface area contributed by atoms with Gasteiger partial charge in [0, 0.05) is 5.41 Å². The van der Waals surface area contributed by atoms with Crippen LogP contribution in [0, 0.1) is 12.3 Å². The number of benzene rings is 1. The fraction of sp³-hybridized carbons (Fsp3) is 0.571. The maximum Gasteiger partial charge on any atom is 0.0849 e. The molecule has 1 N–H and O–H groups in total. The maximum atomic E-state index is 10.4. The van der Waals surface area contributed by atoms with Crippen molar-refractivity contribution in [3.05, 3.63) is 34.9 Å². The van der Waals surface area contributed by atoms with Gasteiger partial charge in [-0.15, -0.1) is 0 Å². The first-order valence-corrected chi connectivity index (χ1v) is 5.84. The zero-order valence-corrected chi connectivity index (χ0v) is 9.88. The van der Waals surface area contributed by atoms with E-state index in [9.17, 15) is 5.11 Å². The van der Waals surface area contributed by atoms with Gasteiger partial charge >= 0.3 is 0 Å². The summed E-state index contributed by atoms with van der Waals surface area (Å²) in [4.78, 5) is 0. The molecule has 0 heterocycles. The molecule has 0 aromatic heterocycles. The van der Waals surface area contributed by atoms with Crippen LogP contribution in [-0.4, -0.2) is 5.11 Å². The first kappa shape index (κ1) is 10.7. The third-order valence-corrected chi connectivity index (χ3v) is 3.67. The van der Waals surface area contributed by atoms with Crippen molar-refractivity contribution in [2.45, 2.75) is 46.1 Å². The average Bonchev–Trinajstić information content (AvgIpc) is 2.42. The molecular formula is C14H20O. The smallest absolute Gasteiger partial charge is 0.0849 e. The Morgan fingerprint density at radius 2 is 2.20 bits per heavy atom. The molecule has 1 aromatic rings. The third kappa shape index (κ3) is 1.69. The molecule has 1 nitrogen and oxygen atoms in total. The molecule has 82 valence electrons. The second-order valence-electron chi connectivity index (χ2n) is 5.19. The Labute approximate surface area is 92.1 Å². The van der Waals surface area contributed by atoms with E-state index in [1.165, 1.54) is 11.1 Å². The van der Waals surface area contributed by atoms with Crippen molar-refractivity contribution in [1.82, 2.24) is 0 Å². The van der Waals surface area contributed by atoms with Gasteiger partial charge in [-0.1, -0.05) is 44.0 Å². The van der Waals surface area contributed by atoms with E-state index in [0.717, 1.165) is 24.8 Å². The molecule has 0 fully saturated rings. The summed E-state index contributed by atoms with van der Waals surface area (Å²) in [5, 5.41) is 10.4. The van der Waals surface area contributed by atoms with E-state index in [2.05, 4.69) is 39.0 Å². The Balaban J connectivity index is 2.36. The van der Waals surface area contributed by atoms with E-state index in [4.69, 9.17) is 0 Å². The van der Waals surface area contributed by atoms with Gasteiger partial charge < -0.3 is 5.11 Å². The molecule has 1 aliphatic rings. The highest BCUT2D eigenvalue weighted by molar-refractivity contribution is 5.39. The molecule has 0 saturated heterocycles. The summed E-state index contributed by atoms with van der Waals surface area (Å²) in [6, 6.07) is 6.46. The molecule has 0 bridgehead atoms. The van der Waals surface area contributed by atoms with E-state index in [1.54, 1.807) is 0 Å². The van der Waals surface area contributed by atoms with Gasteiger partial charge in [0.15, 0.2) is 0 Å². The van der Waals surface area contributed by atoms with Crippen LogP contribution in [-0.2, 0) is 6.42 Å². The molecule has 1 aliphatic carbocycles. The minimum absolute atomic E-state index is 0.0604. The lowest BCUT2D eigenvalue weighted by molar-refractivity contribution is 0.0455. The van der Waals surface area contributed by atoms with Crippen molar-refractivity contribution in [3.8, 4) is 0 Å². The van der Waals surface area contributed by atoms with Crippen molar-refractivity contribution in [1.29, 1.82) is 0 Å². The van der Waals surface area contributed by atoms with Crippen molar-refractivity contribution < 1.29 is 5.11 Å². The first-order chi connectivity index (χ1) is 7.07. The van der Waals surface area contributed by atoms with Gasteiger partial charge in [0.25, 0.3) is 0 Å². The largest absolute Gasteiger partial charge is 0.388 e. The number of aliphatic hydroxyl groups excluding tert-OH is 1. The van der Waals surface area contributed by atoms with Crippen molar-refractivity contribution in [2.24, 2.45) is 5.41 Å². The number of aryl methyl sites for hydroxylation is 1. The number of hydrogen-bond acceptors (Lipinski definition) is 1. The molecule has 2 atom stereocenters. The number of hydrogen-bond donors (Lipinski definition) is 1. The fourth-order valence-electron chi connectivity index (χ4n) is 2.83. The van der Waals surface area contributed by atoms with Crippen LogP contribution in [0.25, 0.3) is 0 Å². The zero-order chi connectivity index (χ0) is 11.1. The van der Waals surface area contributed by atoms with Gasteiger partial charge in [0.2, 0.25) is 0 Å². The highest BCUT2D eigenvalue weighted by Crippen LogP contribution is 2.48. The quantitative estimate of drug-likeness (QED) is 0.783. The van der Waals surface area contributed by atoms with E-state index >= 15 is 0 Å². The van der Waals surface area contributed by atoms with Crippen molar-refractivity contribution in [3.63, 3.8) is 0 Å². The number of rotatable bonds is 2. The van der Waals surface area contributed by atoms with Crippen LogP contribution in [0.3, 0.4) is 0 Å². The van der Waals surface area contributed by atoms with Crippen LogP contribution in [0.5, 0.6) is 0 Å². The van der Waals surface area contributed by atoms with Crippen molar-refractivity contribution >= 4 is 0 Å². The molecule has 1 heteroatoms. The van der Waals surface area contributed by atoms with Crippen LogP contribution in [0.15, 0.2) is 18.2 Å². The molecule has 1 aromatic carbocycles. The second-order valence-corrected chi connectivity index (χ2v) is 5.19. The molecule has 2 unspecified atom stereocenters. The van der Waals surface area contributed by atoms with Crippen LogP contribution in [0.1, 0.15) is 49.5 Å². The van der Waals surface area contributed by atoms with Crippen LogP contribution in [0.2, 0.25) is 0 Å². The highest BCUT2D eigenvalue weighted by atomic mass is 16.3. The Bertz CT molecular complexity index is 370. The van der Waals surface area contributed by atoms with Crippen molar-refractivity contribution in [2.75, 3.05) is 0 Å². The fourth-order valence-corrected chi connectivity index (χ4v) is 2.83. The van der Waals surface area contributed by atoms with Crippen LogP contribution < -0.4 is 0 Å². The molecule has 0 amide bonds. The number of aliphatic hydroxyl groups is 1. The summed E-state index contributed by atoms with van der Waals surface area (Å²) in [7, 11) is 0. The summed E-state index contributed by atoms with van der Waals surface area (Å²) in [6.45, 7) is 6.48. The monoisotopic (exact) mass is 204 g/mol. The standard InChI is InChI=1S/C14H20O/c1-4-7-14(3)9-11-6-5-10(2)8-12(11)13(14)15/h5-6,8,13,15H,4,7,9H2,1-3H3. The van der Waals surface area contributed by atoms with Gasteiger partial charge in [-0.2, -0.15) is 0 Å². The normalized spacial score (nSPS) is 29.2. The Hall–Kier alpha value is -0.820. The summed E-state index contributed by atoms with van der Waals surface area (Å²) in [5.41, 5.74) is 3.80. The van der Waals surface area contributed by atoms with Gasteiger partial charge in [-0.05, 0) is 30.9 Å². The molecule has 2 rings (SSSR count). The topological polar surface area (TPSA) is 20.2 Å². The average molecular weight is 204 g/mol. The third-order valence-electron chi connectivity index (χ3n) is 3.67. The van der Waals surface area contributed by atoms with Crippen LogP contribution in [0.4, 0.5) is 0 Å². The first-order valence-electron chi connectivity index (χ1n) is 5.84. The van der Waals surface area contributed by atoms with Crippen LogP contribution >= 0.6 is 0 Å². The number of fused-ring (bicyclic) bond motifs is 1. The molecule has 0 aliphatic heterocycles. The highest BCUT2D eigenvalue weighted by Gasteiger charge is 2.40. The van der Waals surface area contributed by atoms with E-state index < -0.39 is 0 Å². The Morgan fingerprint density at radius 1 is 1.47 bits per heavy atom. The van der Waals surface area contributed by atoms with Gasteiger partial charge in [0.05, 0.1) is 6.10 Å². The molecule has 0 radical (unpaired) electrons. The lowest BCUT2D eigenvalue weighted by atomic mass is 9.80. The minimum Gasteiger partial charge on any atom is -0.388 e. The summed E-state index contributed by atoms with van der Waals surface area (Å²) in [6.07, 6.45) is 2.99. The van der Waals surface area contributed by atoms with Gasteiger partial charge in [-0.3, -0.25) is 0 Å². The summed E-state index contributed by atoms with van der Waals surface area (Å²) < 4.78 is 0. The predicted octanol–water partition coefficient (Wildman–Crippen LogP) is 3.39. The predicted molar refractivity (Wildman–Crippen MR) is 62.9 cm³/mol. The molecule has 15 heavy (non-hydrogen) atoms. The summed E-state index contributed by atoms with van der Waals surface area (Å²) in [5.74, 6) is 0. The van der Waals surface area contributed by atoms with E-state index in [-0.39, 0.29) is 11.5 Å². The second kappa shape index (κ2) is 3.64. The summed E-state index contributed by atoms with van der Waals surface area (Å²) >= 11 is 0. The lowest BCUT2D eigenvalue weighted by Crippen LogP contribution is -2.21. The van der Waals surface area contributed by atoms with E-state index in [1.807, 2.05) is 0 Å². The maximum absolute atomic E-state index is 10.4. The van der Waals surface area contributed by atoms with Gasteiger partial charge in [0.1, 0.15) is 0 Å². The molecular weight excluding hydrogens is 184 g/mol. The SMILES string of the molecule is CCCC1(C)Cc2ccc(C)cc2C1O. The minimum atomic E-state index is -0.271. The lowest BCUT2D eigenvalue weighted by Gasteiger charge is -2.27.